The second kappa shape index (κ2) is 8.54. The van der Waals surface area contributed by atoms with Gasteiger partial charge in [0.2, 0.25) is 5.78 Å². The third kappa shape index (κ3) is 3.86. The number of carbonyl (C=O) groups excluding carboxylic acids is 1. The summed E-state index contributed by atoms with van der Waals surface area (Å²) >= 11 is 0. The summed E-state index contributed by atoms with van der Waals surface area (Å²) in [5.74, 6) is -1.82. The minimum Gasteiger partial charge on any atom is -0.508 e. The van der Waals surface area contributed by atoms with Crippen LogP contribution in [0.15, 0.2) is 36.4 Å². The number of ketones is 1. The Kier molecular flexibility index (Phi) is 5.95. The van der Waals surface area contributed by atoms with Gasteiger partial charge in [-0.25, -0.2) is 0 Å². The van der Waals surface area contributed by atoms with Crippen molar-refractivity contribution in [2.24, 2.45) is 0 Å². The number of aromatic hydroxyl groups is 3. The molecule has 5 unspecified atom stereocenters. The van der Waals surface area contributed by atoms with Gasteiger partial charge in [-0.1, -0.05) is 12.1 Å². The first-order valence-corrected chi connectivity index (χ1v) is 9.73. The van der Waals surface area contributed by atoms with Gasteiger partial charge in [-0.3, -0.25) is 4.79 Å². The lowest BCUT2D eigenvalue weighted by molar-refractivity contribution is -0.311. The predicted octanol–water partition coefficient (Wildman–Crippen LogP) is -0.695. The van der Waals surface area contributed by atoms with Gasteiger partial charge in [0.25, 0.3) is 0 Å². The number of Topliss-reactive ketones (excluding diaryl/α,β-unsaturated/α-hetero) is 1. The predicted molar refractivity (Wildman–Crippen MR) is 104 cm³/mol. The molecule has 0 aliphatic carbocycles. The Morgan fingerprint density at radius 1 is 0.906 bits per heavy atom. The molecule has 2 aliphatic rings. The minimum absolute atomic E-state index is 0.0435. The molecule has 0 spiro atoms. The molecule has 1 fully saturated rings. The van der Waals surface area contributed by atoms with Crippen LogP contribution in [0.1, 0.15) is 22.0 Å². The Hall–Kier alpha value is -2.93. The molecule has 2 aromatic carbocycles. The summed E-state index contributed by atoms with van der Waals surface area (Å²) in [5.41, 5.74) is 0.103. The lowest BCUT2D eigenvalue weighted by Crippen LogP contribution is -2.60. The number of phenolic OH excluding ortho intramolecular Hbond substituents is 3. The lowest BCUT2D eigenvalue weighted by atomic mass is 9.92. The van der Waals surface area contributed by atoms with Crippen LogP contribution in [0.25, 0.3) is 0 Å². The van der Waals surface area contributed by atoms with Crippen molar-refractivity contribution in [1.29, 1.82) is 0 Å². The van der Waals surface area contributed by atoms with E-state index in [1.165, 1.54) is 24.3 Å². The van der Waals surface area contributed by atoms with Gasteiger partial charge in [0, 0.05) is 12.1 Å². The molecule has 2 heterocycles. The summed E-state index contributed by atoms with van der Waals surface area (Å²) < 4.78 is 16.9. The number of rotatable bonds is 4. The summed E-state index contributed by atoms with van der Waals surface area (Å²) in [6.45, 7) is -0.690. The number of aliphatic hydroxyl groups excluding tert-OH is 4. The van der Waals surface area contributed by atoms with Crippen molar-refractivity contribution in [2.75, 3.05) is 6.61 Å². The number of phenols is 3. The first-order valence-electron chi connectivity index (χ1n) is 9.73. The van der Waals surface area contributed by atoms with Crippen molar-refractivity contribution in [2.45, 2.75) is 42.9 Å². The number of aliphatic hydroxyl groups is 4. The van der Waals surface area contributed by atoms with Gasteiger partial charge in [-0.15, -0.1) is 0 Å². The smallest absolute Gasteiger partial charge is 0.203 e. The van der Waals surface area contributed by atoms with Gasteiger partial charge < -0.3 is 50.0 Å². The van der Waals surface area contributed by atoms with Crippen LogP contribution in [0.3, 0.4) is 0 Å². The number of benzene rings is 2. The standard InChI is InChI=1S/C21H22O11/c22-7-13-15(26)17(28)18(29)21(31-13)32-20-16(27)14-11(25)5-10(24)6-12(14)30-19(20)8-1-3-9(23)4-2-8/h1-6,13,15,17-26,28-29H,7H2/t13?,15?,17?,18?,19-,20+,21?/m1/s1. The summed E-state index contributed by atoms with van der Waals surface area (Å²) in [6, 6.07) is 7.72. The largest absolute Gasteiger partial charge is 0.508 e. The maximum atomic E-state index is 13.3. The normalized spacial score (nSPS) is 32.2. The highest BCUT2D eigenvalue weighted by molar-refractivity contribution is 6.05. The van der Waals surface area contributed by atoms with E-state index >= 15 is 0 Å². The quantitative estimate of drug-likeness (QED) is 0.312. The fourth-order valence-electron chi connectivity index (χ4n) is 3.77. The third-order valence-corrected chi connectivity index (χ3v) is 5.45. The molecule has 32 heavy (non-hydrogen) atoms. The molecule has 7 N–H and O–H groups in total. The van der Waals surface area contributed by atoms with Crippen LogP contribution in [-0.2, 0) is 9.47 Å². The van der Waals surface area contributed by atoms with Crippen LogP contribution >= 0.6 is 0 Å². The van der Waals surface area contributed by atoms with Crippen molar-refractivity contribution in [1.82, 2.24) is 0 Å². The van der Waals surface area contributed by atoms with E-state index in [0.717, 1.165) is 12.1 Å². The van der Waals surface area contributed by atoms with Crippen molar-refractivity contribution in [3.05, 3.63) is 47.5 Å². The maximum absolute atomic E-state index is 13.3. The third-order valence-electron chi connectivity index (χ3n) is 5.45. The maximum Gasteiger partial charge on any atom is 0.203 e. The molecule has 0 amide bonds. The van der Waals surface area contributed by atoms with Gasteiger partial charge in [0.15, 0.2) is 18.5 Å². The molecule has 2 aliphatic heterocycles. The highest BCUT2D eigenvalue weighted by Gasteiger charge is 2.49. The molecule has 0 aromatic heterocycles. The van der Waals surface area contributed by atoms with Crippen LogP contribution in [-0.4, -0.2) is 84.9 Å². The van der Waals surface area contributed by atoms with Crippen LogP contribution in [0.5, 0.6) is 23.0 Å². The Morgan fingerprint density at radius 2 is 1.59 bits per heavy atom. The molecule has 4 rings (SSSR count). The Bertz CT molecular complexity index is 990. The minimum atomic E-state index is -1.77. The Morgan fingerprint density at radius 3 is 2.25 bits per heavy atom. The molecule has 172 valence electrons. The molecule has 2 aromatic rings. The fraction of sp³-hybridized carbons (Fsp3) is 0.381. The van der Waals surface area contributed by atoms with Crippen LogP contribution in [0.2, 0.25) is 0 Å². The summed E-state index contributed by atoms with van der Waals surface area (Å²) in [7, 11) is 0. The van der Waals surface area contributed by atoms with E-state index in [9.17, 15) is 40.5 Å². The second-order valence-electron chi connectivity index (χ2n) is 7.59. The highest BCUT2D eigenvalue weighted by atomic mass is 16.7. The molecule has 7 atom stereocenters. The lowest BCUT2D eigenvalue weighted by Gasteiger charge is -2.42. The average molecular weight is 450 g/mol. The van der Waals surface area contributed by atoms with Gasteiger partial charge in [0.05, 0.1) is 6.61 Å². The molecular formula is C21H22O11. The zero-order valence-electron chi connectivity index (χ0n) is 16.5. The van der Waals surface area contributed by atoms with Crippen molar-refractivity contribution < 1.29 is 54.8 Å². The number of hydrogen-bond donors (Lipinski definition) is 7. The molecule has 0 saturated carbocycles. The van der Waals surface area contributed by atoms with Crippen LogP contribution < -0.4 is 4.74 Å². The van der Waals surface area contributed by atoms with Crippen molar-refractivity contribution in [3.8, 4) is 23.0 Å². The van der Waals surface area contributed by atoms with E-state index in [1.807, 2.05) is 0 Å². The number of fused-ring (bicyclic) bond motifs is 1. The molecule has 11 nitrogen and oxygen atoms in total. The Balaban J connectivity index is 1.72. The van der Waals surface area contributed by atoms with Gasteiger partial charge in [0.1, 0.15) is 53.0 Å². The zero-order chi connectivity index (χ0) is 23.2. The Labute approximate surface area is 181 Å². The van der Waals surface area contributed by atoms with E-state index < -0.39 is 61.1 Å². The number of carbonyl (C=O) groups is 1. The van der Waals surface area contributed by atoms with E-state index in [1.54, 1.807) is 0 Å². The molecule has 1 saturated heterocycles. The summed E-state index contributed by atoms with van der Waals surface area (Å²) in [6.07, 6.45) is -10.7. The van der Waals surface area contributed by atoms with E-state index in [2.05, 4.69) is 0 Å². The van der Waals surface area contributed by atoms with Gasteiger partial charge in [-0.05, 0) is 17.7 Å². The van der Waals surface area contributed by atoms with E-state index in [4.69, 9.17) is 14.2 Å². The highest BCUT2D eigenvalue weighted by Crippen LogP contribution is 2.43. The second-order valence-corrected chi connectivity index (χ2v) is 7.59. The topological polar surface area (TPSA) is 186 Å². The molecule has 0 radical (unpaired) electrons. The first-order chi connectivity index (χ1) is 15.2. The summed E-state index contributed by atoms with van der Waals surface area (Å²) in [4.78, 5) is 13.3. The summed E-state index contributed by atoms with van der Waals surface area (Å²) in [5, 5.41) is 69.2. The zero-order valence-corrected chi connectivity index (χ0v) is 16.5. The average Bonchev–Trinajstić information content (AvgIpc) is 2.75. The fourth-order valence-corrected chi connectivity index (χ4v) is 3.77. The monoisotopic (exact) mass is 450 g/mol. The SMILES string of the molecule is O=C1c2c(O)cc(O)cc2O[C@H](c2ccc(O)cc2)[C@H]1OC1OC(CO)C(O)C(O)C1O. The van der Waals surface area contributed by atoms with Gasteiger partial charge >= 0.3 is 0 Å². The first kappa shape index (κ1) is 22.3. The van der Waals surface area contributed by atoms with Crippen LogP contribution in [0.4, 0.5) is 0 Å². The molecule has 0 bridgehead atoms. The molecular weight excluding hydrogens is 428 g/mol. The molecule has 11 heteroatoms. The van der Waals surface area contributed by atoms with E-state index in [0.29, 0.717) is 5.56 Å². The van der Waals surface area contributed by atoms with Gasteiger partial charge in [-0.2, -0.15) is 0 Å². The van der Waals surface area contributed by atoms with Crippen molar-refractivity contribution in [3.63, 3.8) is 0 Å². The van der Waals surface area contributed by atoms with Crippen molar-refractivity contribution >= 4 is 5.78 Å². The van der Waals surface area contributed by atoms with E-state index in [-0.39, 0.29) is 22.8 Å². The van der Waals surface area contributed by atoms with Crippen LogP contribution in [0, 0.1) is 0 Å². The number of hydrogen-bond acceptors (Lipinski definition) is 11. The number of ether oxygens (including phenoxy) is 3.